The van der Waals surface area contributed by atoms with Crippen molar-refractivity contribution < 1.29 is 28.5 Å². The van der Waals surface area contributed by atoms with E-state index in [2.05, 4.69) is 27.1 Å². The zero-order valence-corrected chi connectivity index (χ0v) is 22.7. The largest absolute Gasteiger partial charge is 0.477 e. The number of benzene rings is 1. The van der Waals surface area contributed by atoms with Crippen LogP contribution >= 0.6 is 0 Å². The Hall–Kier alpha value is -3.76. The number of hydrogen-bond donors (Lipinski definition) is 1. The summed E-state index contributed by atoms with van der Waals surface area (Å²) in [5.74, 6) is -0.266. The van der Waals surface area contributed by atoms with Crippen molar-refractivity contribution >= 4 is 17.0 Å². The third kappa shape index (κ3) is 4.75. The van der Waals surface area contributed by atoms with E-state index in [1.807, 2.05) is 12.1 Å². The number of nitrogens with zero attached hydrogens (tertiary/aromatic N) is 4. The summed E-state index contributed by atoms with van der Waals surface area (Å²) in [5, 5.41) is 9.38. The molecule has 2 atom stereocenters. The van der Waals surface area contributed by atoms with Gasteiger partial charge in [0.05, 0.1) is 42.0 Å². The first-order valence-electron chi connectivity index (χ1n) is 13.7. The molecule has 0 saturated carbocycles. The highest BCUT2D eigenvalue weighted by molar-refractivity contribution is 5.89. The first-order valence-corrected chi connectivity index (χ1v) is 13.7. The number of likely N-dealkylation sites (tertiary alicyclic amines) is 1. The minimum Gasteiger partial charge on any atom is -0.477 e. The second-order valence-corrected chi connectivity index (χ2v) is 10.8. The van der Waals surface area contributed by atoms with Crippen LogP contribution in [0.3, 0.4) is 0 Å². The van der Waals surface area contributed by atoms with E-state index in [-0.39, 0.29) is 29.1 Å². The number of piperidine rings is 1. The molecule has 5 heterocycles. The van der Waals surface area contributed by atoms with Gasteiger partial charge in [-0.3, -0.25) is 4.90 Å². The number of rotatable bonds is 8. The first-order chi connectivity index (χ1) is 19.3. The maximum atomic E-state index is 14.2. The van der Waals surface area contributed by atoms with E-state index in [0.717, 1.165) is 55.9 Å². The highest BCUT2D eigenvalue weighted by atomic mass is 19.1. The molecule has 3 aliphatic rings. The molecule has 0 amide bonds. The van der Waals surface area contributed by atoms with Crippen molar-refractivity contribution in [3.05, 3.63) is 71.6 Å². The lowest BCUT2D eigenvalue weighted by Gasteiger charge is -2.33. The van der Waals surface area contributed by atoms with Crippen LogP contribution in [0.2, 0.25) is 0 Å². The van der Waals surface area contributed by atoms with E-state index < -0.39 is 11.8 Å². The number of pyridine rings is 1. The summed E-state index contributed by atoms with van der Waals surface area (Å²) >= 11 is 0. The minimum absolute atomic E-state index is 0.0144. The average Bonchev–Trinajstić information content (AvgIpc) is 3.42. The summed E-state index contributed by atoms with van der Waals surface area (Å²) in [6, 6.07) is 7.42. The van der Waals surface area contributed by atoms with Gasteiger partial charge in [0.2, 0.25) is 0 Å². The van der Waals surface area contributed by atoms with Gasteiger partial charge in [-0.25, -0.2) is 19.2 Å². The van der Waals surface area contributed by atoms with Crippen molar-refractivity contribution in [3.63, 3.8) is 0 Å². The van der Waals surface area contributed by atoms with Crippen molar-refractivity contribution in [1.82, 2.24) is 19.4 Å². The summed E-state index contributed by atoms with van der Waals surface area (Å²) in [7, 11) is 0. The van der Waals surface area contributed by atoms with Gasteiger partial charge in [0.25, 0.3) is 5.79 Å². The molecule has 6 rings (SSSR count). The van der Waals surface area contributed by atoms with Gasteiger partial charge in [-0.15, -0.1) is 0 Å². The number of aromatic carboxylic acids is 1. The Balaban J connectivity index is 1.18. The molecule has 40 heavy (non-hydrogen) atoms. The second-order valence-electron chi connectivity index (χ2n) is 10.8. The molecule has 0 unspecified atom stereocenters. The second kappa shape index (κ2) is 10.3. The summed E-state index contributed by atoms with van der Waals surface area (Å²) in [4.78, 5) is 22.8. The van der Waals surface area contributed by atoms with Gasteiger partial charge in [0, 0.05) is 19.1 Å². The maximum Gasteiger partial charge on any atom is 0.354 e. The molecule has 0 bridgehead atoms. The van der Waals surface area contributed by atoms with Crippen LogP contribution in [-0.4, -0.2) is 62.1 Å². The number of carboxylic acids is 1. The number of carboxylic acid groups (broad SMARTS) is 1. The zero-order chi connectivity index (χ0) is 28.0. The normalized spacial score (nSPS) is 23.6. The van der Waals surface area contributed by atoms with Crippen molar-refractivity contribution in [1.29, 1.82) is 0 Å². The molecule has 2 aromatic heterocycles. The maximum absolute atomic E-state index is 14.2. The quantitative estimate of drug-likeness (QED) is 0.383. The van der Waals surface area contributed by atoms with E-state index >= 15 is 0 Å². The Labute approximate surface area is 231 Å². The molecule has 9 nitrogen and oxygen atoms in total. The van der Waals surface area contributed by atoms with Crippen LogP contribution in [0.5, 0.6) is 11.5 Å². The highest BCUT2D eigenvalue weighted by Crippen LogP contribution is 2.48. The topological polar surface area (TPSA) is 98.9 Å². The van der Waals surface area contributed by atoms with E-state index in [1.54, 1.807) is 13.1 Å². The molecule has 0 aliphatic carbocycles. The Bertz CT molecular complexity index is 1500. The number of imidazole rings is 1. The van der Waals surface area contributed by atoms with Crippen LogP contribution in [0.15, 0.2) is 54.5 Å². The molecular weight excluding hydrogens is 515 g/mol. The molecular formula is C30H33FN4O5. The fourth-order valence-electron chi connectivity index (χ4n) is 5.97. The van der Waals surface area contributed by atoms with Crippen LogP contribution in [0.25, 0.3) is 11.0 Å². The third-order valence-electron chi connectivity index (χ3n) is 8.18. The lowest BCUT2D eigenvalue weighted by atomic mass is 9.88. The van der Waals surface area contributed by atoms with Crippen LogP contribution in [0.1, 0.15) is 60.9 Å². The van der Waals surface area contributed by atoms with Crippen LogP contribution in [-0.2, 0) is 17.8 Å². The van der Waals surface area contributed by atoms with Crippen molar-refractivity contribution in [2.45, 2.75) is 64.0 Å². The minimum atomic E-state index is -1.25. The average molecular weight is 549 g/mol. The smallest absolute Gasteiger partial charge is 0.354 e. The van der Waals surface area contributed by atoms with Crippen LogP contribution in [0, 0.1) is 0 Å². The van der Waals surface area contributed by atoms with Gasteiger partial charge in [-0.2, -0.15) is 0 Å². The molecule has 3 aromatic rings. The molecule has 210 valence electrons. The fraction of sp³-hybridized carbons (Fsp3) is 0.433. The third-order valence-corrected chi connectivity index (χ3v) is 8.18. The number of hydrogen-bond acceptors (Lipinski definition) is 7. The predicted molar refractivity (Wildman–Crippen MR) is 146 cm³/mol. The van der Waals surface area contributed by atoms with Crippen molar-refractivity contribution in [2.75, 3.05) is 19.7 Å². The van der Waals surface area contributed by atoms with Gasteiger partial charge in [-0.1, -0.05) is 24.8 Å². The summed E-state index contributed by atoms with van der Waals surface area (Å²) in [5.41, 5.74) is 2.79. The van der Waals surface area contributed by atoms with Crippen LogP contribution in [0.4, 0.5) is 4.39 Å². The number of halogens is 1. The van der Waals surface area contributed by atoms with Crippen LogP contribution < -0.4 is 9.47 Å². The number of ether oxygens (including phenoxy) is 3. The lowest BCUT2D eigenvalue weighted by Crippen LogP contribution is -2.37. The molecule has 1 N–H and O–H groups in total. The van der Waals surface area contributed by atoms with E-state index in [9.17, 15) is 14.3 Å². The fourth-order valence-corrected chi connectivity index (χ4v) is 5.97. The van der Waals surface area contributed by atoms with Gasteiger partial charge >= 0.3 is 5.97 Å². The zero-order valence-electron chi connectivity index (χ0n) is 22.7. The van der Waals surface area contributed by atoms with Crippen molar-refractivity contribution in [3.8, 4) is 11.5 Å². The number of allylic oxidation sites excluding steroid dienone is 1. The van der Waals surface area contributed by atoms with E-state index in [1.165, 1.54) is 19.1 Å². The number of carbonyl (C=O) groups is 1. The number of fused-ring (bicyclic) bond motifs is 2. The molecule has 3 aliphatic heterocycles. The molecule has 1 aromatic carbocycles. The van der Waals surface area contributed by atoms with E-state index in [4.69, 9.17) is 19.2 Å². The Morgan fingerprint density at radius 3 is 2.70 bits per heavy atom. The Morgan fingerprint density at radius 1 is 1.27 bits per heavy atom. The van der Waals surface area contributed by atoms with Gasteiger partial charge in [0.15, 0.2) is 11.5 Å². The SMILES string of the molecule is C=C/C(=C(\C)F)[C@@]1(C)Oc2cccc(C3CCN(Cc4nc5cc(C(=O)O)ncc5n4C[C@@H]4CCO4)CC3)c2O1. The number of para-hydroxylation sites is 1. The molecule has 0 radical (unpaired) electrons. The Morgan fingerprint density at radius 2 is 2.05 bits per heavy atom. The monoisotopic (exact) mass is 548 g/mol. The lowest BCUT2D eigenvalue weighted by molar-refractivity contribution is -0.0592. The van der Waals surface area contributed by atoms with Gasteiger partial charge in [0.1, 0.15) is 17.3 Å². The number of aromatic nitrogens is 3. The first kappa shape index (κ1) is 26.5. The van der Waals surface area contributed by atoms with E-state index in [0.29, 0.717) is 30.1 Å². The molecule has 2 fully saturated rings. The standard InChI is InChI=1S/C30H33FN4O5/c1-4-22(18(2)31)30(3)39-26-7-5-6-21(28(26)40-30)19-8-11-34(12-9-19)17-27-33-23-14-24(29(36)37)32-15-25(23)35(27)16-20-10-13-38-20/h4-7,14-15,19-20H,1,8-13,16-17H2,2-3H3,(H,36,37)/b22-18-/t20-,30-/m0/s1. The predicted octanol–water partition coefficient (Wildman–Crippen LogP) is 5.21. The highest BCUT2D eigenvalue weighted by Gasteiger charge is 2.43. The molecule has 2 saturated heterocycles. The van der Waals surface area contributed by atoms with Gasteiger partial charge < -0.3 is 23.9 Å². The van der Waals surface area contributed by atoms with Gasteiger partial charge in [-0.05, 0) is 57.3 Å². The summed E-state index contributed by atoms with van der Waals surface area (Å²) in [6.45, 7) is 10.6. The molecule has 10 heteroatoms. The van der Waals surface area contributed by atoms with Crippen molar-refractivity contribution in [2.24, 2.45) is 0 Å². The molecule has 0 spiro atoms. The summed E-state index contributed by atoms with van der Waals surface area (Å²) in [6.07, 6.45) is 6.00. The Kier molecular flexibility index (Phi) is 6.83. The summed E-state index contributed by atoms with van der Waals surface area (Å²) < 4.78 is 34.4.